The zero-order valence-corrected chi connectivity index (χ0v) is 15.2. The fourth-order valence-corrected chi connectivity index (χ4v) is 2.46. The molecule has 126 valence electrons. The lowest BCUT2D eigenvalue weighted by Gasteiger charge is -2.09. The largest absolute Gasteiger partial charge is 0.496 e. The number of rotatable bonds is 5. The van der Waals surface area contributed by atoms with E-state index in [1.165, 1.54) is 6.21 Å². The Bertz CT molecular complexity index is 745. The second kappa shape index (κ2) is 8.35. The van der Waals surface area contributed by atoms with Crippen LogP contribution in [-0.2, 0) is 0 Å². The van der Waals surface area contributed by atoms with E-state index >= 15 is 0 Å². The maximum Gasteiger partial charge on any atom is 0.339 e. The molecule has 0 aliphatic rings. The highest BCUT2D eigenvalue weighted by Gasteiger charge is 2.08. The van der Waals surface area contributed by atoms with Gasteiger partial charge < -0.3 is 14.8 Å². The molecule has 7 heteroatoms. The van der Waals surface area contributed by atoms with Crippen molar-refractivity contribution in [3.8, 4) is 11.5 Å². The highest BCUT2D eigenvalue weighted by atomic mass is 79.9. The first-order chi connectivity index (χ1) is 11.5. The number of nitrogens with one attached hydrogen (secondary N) is 2. The summed E-state index contributed by atoms with van der Waals surface area (Å²) in [4.78, 5) is 11.8. The summed E-state index contributed by atoms with van der Waals surface area (Å²) in [5.74, 6) is 1.23. The number of benzene rings is 2. The summed E-state index contributed by atoms with van der Waals surface area (Å²) in [5.41, 5.74) is 4.92. The molecule has 0 aliphatic carbocycles. The average molecular weight is 392 g/mol. The van der Waals surface area contributed by atoms with Crippen molar-refractivity contribution in [2.24, 2.45) is 5.10 Å². The van der Waals surface area contributed by atoms with Crippen LogP contribution in [0.3, 0.4) is 0 Å². The van der Waals surface area contributed by atoms with Gasteiger partial charge in [-0.25, -0.2) is 10.2 Å². The van der Waals surface area contributed by atoms with Gasteiger partial charge in [-0.1, -0.05) is 17.7 Å². The number of carbonyl (C=O) groups excluding carboxylic acids is 1. The summed E-state index contributed by atoms with van der Waals surface area (Å²) in [6.45, 7) is 1.98. The molecule has 0 unspecified atom stereocenters. The van der Waals surface area contributed by atoms with Crippen LogP contribution in [0.4, 0.5) is 10.5 Å². The Labute approximate surface area is 149 Å². The van der Waals surface area contributed by atoms with Gasteiger partial charge >= 0.3 is 6.03 Å². The molecule has 2 N–H and O–H groups in total. The van der Waals surface area contributed by atoms with E-state index in [0.717, 1.165) is 10.0 Å². The number of hydrogen-bond donors (Lipinski definition) is 2. The second-order valence-corrected chi connectivity index (χ2v) is 5.77. The summed E-state index contributed by atoms with van der Waals surface area (Å²) < 4.78 is 11.3. The molecular weight excluding hydrogens is 374 g/mol. The molecule has 2 aromatic rings. The van der Waals surface area contributed by atoms with Crippen molar-refractivity contribution in [2.45, 2.75) is 6.92 Å². The van der Waals surface area contributed by atoms with Crippen LogP contribution in [0.15, 0.2) is 46.0 Å². The van der Waals surface area contributed by atoms with Crippen molar-refractivity contribution in [3.63, 3.8) is 0 Å². The number of hydrogen-bond acceptors (Lipinski definition) is 4. The van der Waals surface area contributed by atoms with Crippen molar-refractivity contribution < 1.29 is 14.3 Å². The van der Waals surface area contributed by atoms with Gasteiger partial charge in [0.1, 0.15) is 11.5 Å². The van der Waals surface area contributed by atoms with Crippen LogP contribution in [0, 0.1) is 6.92 Å². The molecule has 0 atom stereocenters. The lowest BCUT2D eigenvalue weighted by molar-refractivity contribution is 0.252. The minimum absolute atomic E-state index is 0.429. The van der Waals surface area contributed by atoms with Gasteiger partial charge in [-0.15, -0.1) is 0 Å². The quantitative estimate of drug-likeness (QED) is 0.598. The van der Waals surface area contributed by atoms with Crippen LogP contribution >= 0.6 is 15.9 Å². The van der Waals surface area contributed by atoms with Crippen molar-refractivity contribution in [1.29, 1.82) is 0 Å². The van der Waals surface area contributed by atoms with E-state index in [2.05, 4.69) is 31.8 Å². The highest BCUT2D eigenvalue weighted by Crippen LogP contribution is 2.31. The number of urea groups is 1. The molecule has 0 bridgehead atoms. The zero-order valence-electron chi connectivity index (χ0n) is 13.6. The van der Waals surface area contributed by atoms with Gasteiger partial charge in [-0.05, 0) is 41.1 Å². The maximum atomic E-state index is 11.8. The molecule has 0 heterocycles. The Hall–Kier alpha value is -2.54. The first kappa shape index (κ1) is 17.8. The molecule has 0 radical (unpaired) electrons. The third kappa shape index (κ3) is 4.73. The third-order valence-corrected chi connectivity index (χ3v) is 3.80. The molecule has 6 nitrogen and oxygen atoms in total. The number of carbonyl (C=O) groups is 1. The SMILES string of the molecule is COc1cc(OC)c(/C=N/NC(=O)Nc2ccc(C)cc2)cc1Br. The fourth-order valence-electron chi connectivity index (χ4n) is 1.94. The number of hydrazone groups is 1. The molecule has 0 aliphatic heterocycles. The number of aryl methyl sites for hydroxylation is 1. The van der Waals surface area contributed by atoms with E-state index in [-0.39, 0.29) is 0 Å². The summed E-state index contributed by atoms with van der Waals surface area (Å²) in [5, 5.41) is 6.62. The molecule has 0 fully saturated rings. The Kier molecular flexibility index (Phi) is 6.20. The van der Waals surface area contributed by atoms with E-state index < -0.39 is 6.03 Å². The Morgan fingerprint density at radius 1 is 1.12 bits per heavy atom. The normalized spacial score (nSPS) is 10.5. The molecule has 0 saturated carbocycles. The number of methoxy groups -OCH3 is 2. The summed E-state index contributed by atoms with van der Waals surface area (Å²) in [6.07, 6.45) is 1.50. The molecule has 0 aromatic heterocycles. The van der Waals surface area contributed by atoms with Crippen molar-refractivity contribution >= 4 is 33.9 Å². The van der Waals surface area contributed by atoms with Gasteiger partial charge in [0, 0.05) is 17.3 Å². The van der Waals surface area contributed by atoms with E-state index in [4.69, 9.17) is 9.47 Å². The minimum Gasteiger partial charge on any atom is -0.496 e. The first-order valence-electron chi connectivity index (χ1n) is 7.11. The molecule has 0 spiro atoms. The lowest BCUT2D eigenvalue weighted by atomic mass is 10.2. The Morgan fingerprint density at radius 3 is 2.42 bits per heavy atom. The molecule has 24 heavy (non-hydrogen) atoms. The van der Waals surface area contributed by atoms with Crippen LogP contribution in [0.2, 0.25) is 0 Å². The Balaban J connectivity index is 2.01. The van der Waals surface area contributed by atoms with Crippen LogP contribution < -0.4 is 20.2 Å². The van der Waals surface area contributed by atoms with Crippen LogP contribution in [0.5, 0.6) is 11.5 Å². The van der Waals surface area contributed by atoms with Gasteiger partial charge in [-0.2, -0.15) is 5.10 Å². The van der Waals surface area contributed by atoms with Crippen molar-refractivity contribution in [1.82, 2.24) is 5.43 Å². The maximum absolute atomic E-state index is 11.8. The Morgan fingerprint density at radius 2 is 1.79 bits per heavy atom. The van der Waals surface area contributed by atoms with Crippen LogP contribution in [-0.4, -0.2) is 26.5 Å². The van der Waals surface area contributed by atoms with Gasteiger partial charge in [0.2, 0.25) is 0 Å². The van der Waals surface area contributed by atoms with Gasteiger partial charge in [0.25, 0.3) is 0 Å². The van der Waals surface area contributed by atoms with Crippen LogP contribution in [0.1, 0.15) is 11.1 Å². The minimum atomic E-state index is -0.429. The number of nitrogens with zero attached hydrogens (tertiary/aromatic N) is 1. The second-order valence-electron chi connectivity index (χ2n) is 4.92. The monoisotopic (exact) mass is 391 g/mol. The lowest BCUT2D eigenvalue weighted by Crippen LogP contribution is -2.24. The van der Waals surface area contributed by atoms with E-state index in [1.807, 2.05) is 31.2 Å². The third-order valence-electron chi connectivity index (χ3n) is 3.18. The standard InChI is InChI=1S/C17H18BrN3O3/c1-11-4-6-13(7-5-11)20-17(22)21-19-10-12-8-14(18)16(24-3)9-15(12)23-2/h4-10H,1-3H3,(H2,20,21,22)/b19-10+. The summed E-state index contributed by atoms with van der Waals surface area (Å²) in [6, 6.07) is 10.6. The number of amides is 2. The van der Waals surface area contributed by atoms with E-state index in [1.54, 1.807) is 26.4 Å². The van der Waals surface area contributed by atoms with Gasteiger partial charge in [0.15, 0.2) is 0 Å². The molecule has 0 saturated heterocycles. The number of halogens is 1. The summed E-state index contributed by atoms with van der Waals surface area (Å²) in [7, 11) is 3.13. The van der Waals surface area contributed by atoms with Gasteiger partial charge in [0.05, 0.1) is 24.9 Å². The van der Waals surface area contributed by atoms with Crippen molar-refractivity contribution in [3.05, 3.63) is 52.0 Å². The van der Waals surface area contributed by atoms with Gasteiger partial charge in [-0.3, -0.25) is 0 Å². The predicted molar refractivity (Wildman–Crippen MR) is 98.2 cm³/mol. The number of ether oxygens (including phenoxy) is 2. The molecule has 2 amide bonds. The predicted octanol–water partition coefficient (Wildman–Crippen LogP) is 3.93. The van der Waals surface area contributed by atoms with Crippen LogP contribution in [0.25, 0.3) is 0 Å². The molecule has 2 aromatic carbocycles. The molecular formula is C17H18BrN3O3. The van der Waals surface area contributed by atoms with E-state index in [0.29, 0.717) is 22.7 Å². The topological polar surface area (TPSA) is 72.0 Å². The number of anilines is 1. The fraction of sp³-hybridized carbons (Fsp3) is 0.176. The smallest absolute Gasteiger partial charge is 0.339 e. The average Bonchev–Trinajstić information content (AvgIpc) is 2.57. The van der Waals surface area contributed by atoms with Crippen molar-refractivity contribution in [2.75, 3.05) is 19.5 Å². The highest BCUT2D eigenvalue weighted by molar-refractivity contribution is 9.10. The summed E-state index contributed by atoms with van der Waals surface area (Å²) >= 11 is 3.40. The van der Waals surface area contributed by atoms with E-state index in [9.17, 15) is 4.79 Å². The zero-order chi connectivity index (χ0) is 17.5. The molecule has 2 rings (SSSR count). The first-order valence-corrected chi connectivity index (χ1v) is 7.91.